The van der Waals surface area contributed by atoms with Gasteiger partial charge < -0.3 is 9.67 Å². The quantitative estimate of drug-likeness (QED) is 0.755. The molecule has 4 heteroatoms. The molecule has 146 valence electrons. The van der Waals surface area contributed by atoms with Gasteiger partial charge in [-0.2, -0.15) is 0 Å². The van der Waals surface area contributed by atoms with Gasteiger partial charge in [0.1, 0.15) is 0 Å². The average Bonchev–Trinajstić information content (AvgIpc) is 3.21. The van der Waals surface area contributed by atoms with Gasteiger partial charge in [0, 0.05) is 60.6 Å². The third kappa shape index (κ3) is 3.05. The predicted molar refractivity (Wildman–Crippen MR) is 112 cm³/mol. The highest BCUT2D eigenvalue weighted by atomic mass is 16.3. The van der Waals surface area contributed by atoms with Crippen LogP contribution in [0.5, 0.6) is 0 Å². The zero-order chi connectivity index (χ0) is 19.5. The van der Waals surface area contributed by atoms with E-state index in [0.29, 0.717) is 6.04 Å². The van der Waals surface area contributed by atoms with Crippen LogP contribution in [0.15, 0.2) is 36.5 Å². The van der Waals surface area contributed by atoms with Crippen molar-refractivity contribution in [2.45, 2.75) is 64.8 Å². The molecular formula is C24H29N3O. The van der Waals surface area contributed by atoms with Crippen molar-refractivity contribution in [1.82, 2.24) is 14.5 Å². The summed E-state index contributed by atoms with van der Waals surface area (Å²) in [6, 6.07) is 11.5. The molecule has 1 aromatic carbocycles. The number of fused-ring (bicyclic) bond motifs is 3. The standard InChI is InChI=1S/C24H29N3O/c1-16-4-7-21-19(12-16)20-15-26(23-13-24(23,3)28)10-9-22(20)27(21)11-8-18-6-5-17(2)25-14-18/h4-7,12,14,23,28H,8-11,13,15H2,1-3H3. The van der Waals surface area contributed by atoms with Crippen molar-refractivity contribution < 1.29 is 5.11 Å². The van der Waals surface area contributed by atoms with Crippen LogP contribution in [0.4, 0.5) is 0 Å². The number of aromatic nitrogens is 2. The lowest BCUT2D eigenvalue weighted by Crippen LogP contribution is -2.36. The smallest absolute Gasteiger partial charge is 0.0791 e. The van der Waals surface area contributed by atoms with Gasteiger partial charge in [-0.25, -0.2) is 0 Å². The van der Waals surface area contributed by atoms with Gasteiger partial charge in [0.15, 0.2) is 0 Å². The van der Waals surface area contributed by atoms with Crippen LogP contribution in [0.3, 0.4) is 0 Å². The Morgan fingerprint density at radius 1 is 1.21 bits per heavy atom. The van der Waals surface area contributed by atoms with Crippen molar-refractivity contribution in [3.63, 3.8) is 0 Å². The maximum Gasteiger partial charge on any atom is 0.0791 e. The van der Waals surface area contributed by atoms with Gasteiger partial charge in [0.2, 0.25) is 0 Å². The molecule has 5 rings (SSSR count). The lowest BCUT2D eigenvalue weighted by molar-refractivity contribution is 0.110. The summed E-state index contributed by atoms with van der Waals surface area (Å²) in [5.41, 5.74) is 7.47. The van der Waals surface area contributed by atoms with Crippen LogP contribution in [0.25, 0.3) is 10.9 Å². The van der Waals surface area contributed by atoms with Crippen molar-refractivity contribution in [1.29, 1.82) is 0 Å². The second-order valence-electron chi connectivity index (χ2n) is 8.95. The fourth-order valence-electron chi connectivity index (χ4n) is 4.85. The van der Waals surface area contributed by atoms with E-state index in [1.165, 1.54) is 33.3 Å². The van der Waals surface area contributed by atoms with Crippen LogP contribution >= 0.6 is 0 Å². The molecule has 2 aliphatic rings. The summed E-state index contributed by atoms with van der Waals surface area (Å²) in [6.07, 6.45) is 4.97. The van der Waals surface area contributed by atoms with Gasteiger partial charge in [-0.05, 0) is 62.9 Å². The molecule has 0 radical (unpaired) electrons. The van der Waals surface area contributed by atoms with Gasteiger partial charge in [-0.15, -0.1) is 0 Å². The fraction of sp³-hybridized carbons (Fsp3) is 0.458. The zero-order valence-electron chi connectivity index (χ0n) is 17.1. The van der Waals surface area contributed by atoms with E-state index < -0.39 is 5.60 Å². The van der Waals surface area contributed by atoms with Crippen molar-refractivity contribution in [3.8, 4) is 0 Å². The first kappa shape index (κ1) is 17.9. The third-order valence-electron chi connectivity index (χ3n) is 6.64. The van der Waals surface area contributed by atoms with Gasteiger partial charge in [-0.1, -0.05) is 17.7 Å². The Kier molecular flexibility index (Phi) is 4.11. The highest BCUT2D eigenvalue weighted by Gasteiger charge is 2.52. The minimum absolute atomic E-state index is 0.322. The zero-order valence-corrected chi connectivity index (χ0v) is 17.1. The van der Waals surface area contributed by atoms with Crippen LogP contribution < -0.4 is 0 Å². The van der Waals surface area contributed by atoms with Gasteiger partial charge in [-0.3, -0.25) is 9.88 Å². The molecule has 4 nitrogen and oxygen atoms in total. The van der Waals surface area contributed by atoms with E-state index in [4.69, 9.17) is 0 Å². The van der Waals surface area contributed by atoms with Crippen molar-refractivity contribution in [3.05, 3.63) is 64.6 Å². The molecule has 28 heavy (non-hydrogen) atoms. The Morgan fingerprint density at radius 2 is 2.04 bits per heavy atom. The molecule has 1 aliphatic heterocycles. The summed E-state index contributed by atoms with van der Waals surface area (Å²) in [5, 5.41) is 11.7. The Labute approximate surface area is 166 Å². The van der Waals surface area contributed by atoms with E-state index in [9.17, 15) is 5.11 Å². The minimum Gasteiger partial charge on any atom is -0.388 e. The number of aryl methyl sites for hydroxylation is 4. The van der Waals surface area contributed by atoms with E-state index in [-0.39, 0.29) is 0 Å². The van der Waals surface area contributed by atoms with E-state index in [0.717, 1.165) is 44.6 Å². The third-order valence-corrected chi connectivity index (χ3v) is 6.64. The van der Waals surface area contributed by atoms with Crippen molar-refractivity contribution in [2.75, 3.05) is 6.54 Å². The number of hydrogen-bond acceptors (Lipinski definition) is 3. The van der Waals surface area contributed by atoms with Crippen LogP contribution in [-0.4, -0.2) is 37.7 Å². The summed E-state index contributed by atoms with van der Waals surface area (Å²) >= 11 is 0. The first-order valence-corrected chi connectivity index (χ1v) is 10.4. The maximum atomic E-state index is 10.3. The lowest BCUT2D eigenvalue weighted by Gasteiger charge is -2.29. The molecule has 2 unspecified atom stereocenters. The van der Waals surface area contributed by atoms with E-state index in [1.807, 2.05) is 20.0 Å². The summed E-state index contributed by atoms with van der Waals surface area (Å²) in [6.45, 7) is 9.15. The van der Waals surface area contributed by atoms with Crippen LogP contribution in [-0.2, 0) is 25.9 Å². The van der Waals surface area contributed by atoms with E-state index in [1.54, 1.807) is 0 Å². The molecular weight excluding hydrogens is 346 g/mol. The molecule has 1 aliphatic carbocycles. The lowest BCUT2D eigenvalue weighted by atomic mass is 10.0. The molecule has 2 atom stereocenters. The average molecular weight is 376 g/mol. The molecule has 0 bridgehead atoms. The molecule has 3 aromatic rings. The van der Waals surface area contributed by atoms with E-state index in [2.05, 4.69) is 51.7 Å². The van der Waals surface area contributed by atoms with Crippen molar-refractivity contribution >= 4 is 10.9 Å². The van der Waals surface area contributed by atoms with Crippen molar-refractivity contribution in [2.24, 2.45) is 0 Å². The Bertz CT molecular complexity index is 1030. The molecule has 0 saturated heterocycles. The summed E-state index contributed by atoms with van der Waals surface area (Å²) in [5.74, 6) is 0. The Hall–Kier alpha value is -2.17. The molecule has 3 heterocycles. The highest BCUT2D eigenvalue weighted by molar-refractivity contribution is 5.86. The topological polar surface area (TPSA) is 41.3 Å². The second-order valence-corrected chi connectivity index (χ2v) is 8.95. The Morgan fingerprint density at radius 3 is 2.75 bits per heavy atom. The molecule has 0 amide bonds. The number of benzene rings is 1. The summed E-state index contributed by atoms with van der Waals surface area (Å²) in [7, 11) is 0. The molecule has 2 aromatic heterocycles. The normalized spacial score (nSPS) is 24.5. The second kappa shape index (κ2) is 6.43. The van der Waals surface area contributed by atoms with Gasteiger partial charge in [0.05, 0.1) is 5.60 Å². The summed E-state index contributed by atoms with van der Waals surface area (Å²) < 4.78 is 2.53. The summed E-state index contributed by atoms with van der Waals surface area (Å²) in [4.78, 5) is 6.94. The molecule has 1 saturated carbocycles. The van der Waals surface area contributed by atoms with Gasteiger partial charge >= 0.3 is 0 Å². The van der Waals surface area contributed by atoms with Gasteiger partial charge in [0.25, 0.3) is 0 Å². The minimum atomic E-state index is -0.496. The van der Waals surface area contributed by atoms with Crippen LogP contribution in [0.1, 0.15) is 41.4 Å². The first-order valence-electron chi connectivity index (χ1n) is 10.4. The number of pyridine rings is 1. The van der Waals surface area contributed by atoms with Crippen LogP contribution in [0, 0.1) is 13.8 Å². The van der Waals surface area contributed by atoms with Crippen LogP contribution in [0.2, 0.25) is 0 Å². The Balaban J connectivity index is 1.49. The number of rotatable bonds is 4. The number of aliphatic hydroxyl groups is 1. The molecule has 1 fully saturated rings. The SMILES string of the molecule is Cc1ccc2c(c1)c1c(n2CCc2ccc(C)nc2)CCN(C2CC2(C)O)C1. The predicted octanol–water partition coefficient (Wildman–Crippen LogP) is 3.78. The number of hydrogen-bond donors (Lipinski definition) is 1. The fourth-order valence-corrected chi connectivity index (χ4v) is 4.85. The maximum absolute atomic E-state index is 10.3. The molecule has 1 N–H and O–H groups in total. The highest BCUT2D eigenvalue weighted by Crippen LogP contribution is 2.43. The molecule has 0 spiro atoms. The largest absolute Gasteiger partial charge is 0.388 e. The monoisotopic (exact) mass is 375 g/mol. The number of nitrogens with zero attached hydrogens (tertiary/aromatic N) is 3. The first-order chi connectivity index (χ1) is 13.4. The van der Waals surface area contributed by atoms with E-state index >= 15 is 0 Å².